The van der Waals surface area contributed by atoms with Gasteiger partial charge in [0.25, 0.3) is 0 Å². The number of rotatable bonds is 3. The minimum Gasteiger partial charge on any atom is -0.490 e. The second-order valence-corrected chi connectivity index (χ2v) is 4.38. The van der Waals surface area contributed by atoms with E-state index in [1.807, 2.05) is 19.2 Å². The van der Waals surface area contributed by atoms with Gasteiger partial charge in [-0.25, -0.2) is 0 Å². The number of H-pyrrole nitrogens is 1. The maximum Gasteiger partial charge on any atom is 0.178 e. The predicted molar refractivity (Wildman–Crippen MR) is 73.3 cm³/mol. The molecule has 19 heavy (non-hydrogen) atoms. The molecular formula is C13H19N5O. The van der Waals surface area contributed by atoms with E-state index in [1.165, 1.54) is 5.56 Å². The second kappa shape index (κ2) is 5.69. The highest BCUT2D eigenvalue weighted by Crippen LogP contribution is 2.30. The number of anilines is 1. The minimum absolute atomic E-state index is 0. The average Bonchev–Trinajstić information content (AvgIpc) is 2.91. The molecule has 0 saturated heterocycles. The van der Waals surface area contributed by atoms with Crippen LogP contribution in [0.3, 0.4) is 0 Å². The van der Waals surface area contributed by atoms with Crippen LogP contribution in [-0.4, -0.2) is 33.8 Å². The van der Waals surface area contributed by atoms with Gasteiger partial charge in [0.1, 0.15) is 11.9 Å². The molecule has 0 amide bonds. The molecule has 0 saturated carbocycles. The predicted octanol–water partition coefficient (Wildman–Crippen LogP) is 1.81. The summed E-state index contributed by atoms with van der Waals surface area (Å²) in [5.74, 6) is 1.67. The first kappa shape index (κ1) is 13.3. The largest absolute Gasteiger partial charge is 0.490 e. The Morgan fingerprint density at radius 1 is 1.47 bits per heavy atom. The number of fused-ring (bicyclic) bond motifs is 1. The van der Waals surface area contributed by atoms with Crippen LogP contribution in [0.15, 0.2) is 18.2 Å². The first-order chi connectivity index (χ1) is 8.85. The molecule has 3 rings (SSSR count). The number of hydrogen-bond acceptors (Lipinski definition) is 5. The maximum atomic E-state index is 5.96. The third-order valence-corrected chi connectivity index (χ3v) is 3.18. The van der Waals surface area contributed by atoms with Crippen LogP contribution < -0.4 is 10.1 Å². The molecule has 0 radical (unpaired) electrons. The quantitative estimate of drug-likeness (QED) is 0.881. The van der Waals surface area contributed by atoms with Crippen molar-refractivity contribution in [2.24, 2.45) is 0 Å². The highest BCUT2D eigenvalue weighted by Gasteiger charge is 2.21. The molecule has 2 N–H and O–H groups in total. The van der Waals surface area contributed by atoms with Gasteiger partial charge in [-0.05, 0) is 36.6 Å². The Hall–Kier alpha value is -2.11. The van der Waals surface area contributed by atoms with Gasteiger partial charge in [-0.15, -0.1) is 10.2 Å². The van der Waals surface area contributed by atoms with Gasteiger partial charge in [0.15, 0.2) is 5.82 Å². The van der Waals surface area contributed by atoms with Gasteiger partial charge < -0.3 is 10.1 Å². The molecule has 1 aromatic heterocycles. The highest BCUT2D eigenvalue weighted by atomic mass is 16.5. The van der Waals surface area contributed by atoms with Crippen molar-refractivity contribution in [2.45, 2.75) is 32.8 Å². The summed E-state index contributed by atoms with van der Waals surface area (Å²) in [5, 5.41) is 17.1. The van der Waals surface area contributed by atoms with Crippen molar-refractivity contribution in [3.63, 3.8) is 0 Å². The first-order valence-electron chi connectivity index (χ1n) is 6.05. The number of aromatic amines is 1. The molecule has 0 aliphatic carbocycles. The first-order valence-corrected chi connectivity index (χ1v) is 6.05. The topological polar surface area (TPSA) is 75.7 Å². The Kier molecular flexibility index (Phi) is 3.99. The van der Waals surface area contributed by atoms with E-state index < -0.39 is 0 Å². The number of ether oxygens (including phenoxy) is 1. The lowest BCUT2D eigenvalue weighted by Gasteiger charge is -2.25. The van der Waals surface area contributed by atoms with Gasteiger partial charge in [-0.3, -0.25) is 0 Å². The van der Waals surface area contributed by atoms with Crippen molar-refractivity contribution in [3.05, 3.63) is 29.6 Å². The molecule has 6 heteroatoms. The molecular weight excluding hydrogens is 242 g/mol. The zero-order chi connectivity index (χ0) is 12.4. The third-order valence-electron chi connectivity index (χ3n) is 3.18. The molecule has 0 spiro atoms. The zero-order valence-electron chi connectivity index (χ0n) is 10.2. The molecule has 2 heterocycles. The molecule has 6 nitrogen and oxygen atoms in total. The maximum absolute atomic E-state index is 5.96. The van der Waals surface area contributed by atoms with E-state index in [2.05, 4.69) is 32.0 Å². The van der Waals surface area contributed by atoms with Gasteiger partial charge >= 0.3 is 0 Å². The molecule has 0 bridgehead atoms. The number of tetrazole rings is 1. The fraction of sp³-hybridized carbons (Fsp3) is 0.462. The normalized spacial score (nSPS) is 17.0. The van der Waals surface area contributed by atoms with Crippen molar-refractivity contribution in [1.29, 1.82) is 0 Å². The van der Waals surface area contributed by atoms with E-state index in [0.717, 1.165) is 24.3 Å². The smallest absolute Gasteiger partial charge is 0.178 e. The highest BCUT2D eigenvalue weighted by molar-refractivity contribution is 5.51. The Bertz CT molecular complexity index is 526. The van der Waals surface area contributed by atoms with Gasteiger partial charge in [-0.1, -0.05) is 12.6 Å². The van der Waals surface area contributed by atoms with Gasteiger partial charge in [0, 0.05) is 19.2 Å². The summed E-state index contributed by atoms with van der Waals surface area (Å²) in [6.45, 7) is 0. The van der Waals surface area contributed by atoms with E-state index in [-0.39, 0.29) is 13.5 Å². The Morgan fingerprint density at radius 2 is 2.37 bits per heavy atom. The van der Waals surface area contributed by atoms with Crippen molar-refractivity contribution >= 4 is 5.69 Å². The molecule has 2 aromatic rings. The van der Waals surface area contributed by atoms with Crippen LogP contribution in [0.4, 0.5) is 5.69 Å². The number of hydrogen-bond donors (Lipinski definition) is 2. The van der Waals surface area contributed by atoms with Crippen molar-refractivity contribution in [2.75, 3.05) is 12.4 Å². The van der Waals surface area contributed by atoms with Gasteiger partial charge in [0.2, 0.25) is 0 Å². The summed E-state index contributed by atoms with van der Waals surface area (Å²) in [6, 6.07) is 6.18. The number of nitrogens with zero attached hydrogens (tertiary/aromatic N) is 3. The summed E-state index contributed by atoms with van der Waals surface area (Å²) in [6.07, 6.45) is 2.83. The number of aryl methyl sites for hydroxylation is 1. The van der Waals surface area contributed by atoms with Crippen LogP contribution in [0.1, 0.15) is 25.2 Å². The zero-order valence-corrected chi connectivity index (χ0v) is 10.2. The molecule has 1 atom stereocenters. The second-order valence-electron chi connectivity index (χ2n) is 4.38. The third kappa shape index (κ3) is 2.83. The molecule has 0 fully saturated rings. The summed E-state index contributed by atoms with van der Waals surface area (Å²) in [4.78, 5) is 0. The van der Waals surface area contributed by atoms with Crippen LogP contribution in [0.5, 0.6) is 5.75 Å². The molecule has 1 unspecified atom stereocenters. The Labute approximate surface area is 112 Å². The summed E-state index contributed by atoms with van der Waals surface area (Å²) in [5.41, 5.74) is 2.38. The number of benzene rings is 1. The number of nitrogens with one attached hydrogen (secondary N) is 2. The van der Waals surface area contributed by atoms with Crippen LogP contribution in [0.25, 0.3) is 0 Å². The monoisotopic (exact) mass is 261 g/mol. The van der Waals surface area contributed by atoms with E-state index in [0.29, 0.717) is 12.2 Å². The Balaban J connectivity index is 0.00000133. The fourth-order valence-corrected chi connectivity index (χ4v) is 2.22. The average molecular weight is 261 g/mol. The van der Waals surface area contributed by atoms with Crippen LogP contribution in [0.2, 0.25) is 0 Å². The molecule has 102 valence electrons. The Morgan fingerprint density at radius 3 is 3.11 bits per heavy atom. The van der Waals surface area contributed by atoms with Gasteiger partial charge in [-0.2, -0.15) is 5.21 Å². The molecule has 1 aromatic carbocycles. The summed E-state index contributed by atoms with van der Waals surface area (Å²) in [7, 11) is 1.92. The van der Waals surface area contributed by atoms with Crippen molar-refractivity contribution in [1.82, 2.24) is 20.6 Å². The summed E-state index contributed by atoms with van der Waals surface area (Å²) >= 11 is 0. The fourth-order valence-electron chi connectivity index (χ4n) is 2.22. The van der Waals surface area contributed by atoms with Crippen LogP contribution in [-0.2, 0) is 12.8 Å². The van der Waals surface area contributed by atoms with Gasteiger partial charge in [0.05, 0.1) is 0 Å². The lowest BCUT2D eigenvalue weighted by atomic mass is 10.00. The standard InChI is InChI=1S/C12H15N5O.CH4/c1-13-9-3-5-11-8(6-9)2-4-10(18-11)7-12-14-16-17-15-12;/h3,5-6,10,13H,2,4,7H2,1H3,(H,14,15,16,17);1H4. The minimum atomic E-state index is 0. The molecule has 1 aliphatic rings. The van der Waals surface area contributed by atoms with Crippen molar-refractivity contribution in [3.8, 4) is 5.75 Å². The van der Waals surface area contributed by atoms with E-state index in [1.54, 1.807) is 0 Å². The van der Waals surface area contributed by atoms with Crippen LogP contribution >= 0.6 is 0 Å². The lowest BCUT2D eigenvalue weighted by molar-refractivity contribution is 0.171. The van der Waals surface area contributed by atoms with E-state index >= 15 is 0 Å². The van der Waals surface area contributed by atoms with E-state index in [9.17, 15) is 0 Å². The van der Waals surface area contributed by atoms with Crippen molar-refractivity contribution < 1.29 is 4.74 Å². The lowest BCUT2D eigenvalue weighted by Crippen LogP contribution is -2.25. The number of aromatic nitrogens is 4. The SMILES string of the molecule is C.CNc1ccc2c(c1)CCC(Cc1nn[nH]n1)O2. The molecule has 1 aliphatic heterocycles. The van der Waals surface area contributed by atoms with E-state index in [4.69, 9.17) is 4.74 Å². The van der Waals surface area contributed by atoms with Crippen LogP contribution in [0, 0.1) is 0 Å². The summed E-state index contributed by atoms with van der Waals surface area (Å²) < 4.78 is 5.96.